The van der Waals surface area contributed by atoms with E-state index >= 15 is 0 Å². The number of hydrogen-bond acceptors (Lipinski definition) is 2. The van der Waals surface area contributed by atoms with E-state index in [0.717, 1.165) is 17.7 Å². The summed E-state index contributed by atoms with van der Waals surface area (Å²) < 4.78 is 0. The molecule has 1 fully saturated rings. The molecule has 0 aromatic heterocycles. The zero-order valence-electron chi connectivity index (χ0n) is 9.51. The molecule has 0 saturated carbocycles. The van der Waals surface area contributed by atoms with Gasteiger partial charge in [-0.05, 0) is 11.1 Å². The first-order valence-electron chi connectivity index (χ1n) is 5.88. The smallest absolute Gasteiger partial charge is 0.131 e. The fraction of sp³-hybridized carbons (Fsp3) is 0.200. The van der Waals surface area contributed by atoms with Gasteiger partial charge in [-0.1, -0.05) is 60.7 Å². The average molecular weight is 225 g/mol. The maximum absolute atomic E-state index is 11.0. The quantitative estimate of drug-likeness (QED) is 0.783. The van der Waals surface area contributed by atoms with Crippen LogP contribution in [0.1, 0.15) is 11.1 Å². The summed E-state index contributed by atoms with van der Waals surface area (Å²) >= 11 is 0. The minimum atomic E-state index is -0.914. The van der Waals surface area contributed by atoms with E-state index in [0.29, 0.717) is 0 Å². The Morgan fingerprint density at radius 3 is 1.65 bits per heavy atom. The van der Waals surface area contributed by atoms with Crippen molar-refractivity contribution in [2.45, 2.75) is 11.6 Å². The Balaban J connectivity index is 2.11. The monoisotopic (exact) mass is 225 g/mol. The first kappa shape index (κ1) is 10.5. The second kappa shape index (κ2) is 3.99. The van der Waals surface area contributed by atoms with E-state index in [9.17, 15) is 5.11 Å². The Bertz CT molecular complexity index is 451. The molecule has 0 radical (unpaired) electrons. The number of aliphatic hydroxyl groups is 1. The van der Waals surface area contributed by atoms with Gasteiger partial charge in [-0.2, -0.15) is 0 Å². The topological polar surface area (TPSA) is 42.2 Å². The summed E-state index contributed by atoms with van der Waals surface area (Å²) in [6.45, 7) is 0.861. The van der Waals surface area contributed by atoms with Crippen molar-refractivity contribution in [3.05, 3.63) is 71.8 Å². The Hall–Kier alpha value is -1.64. The lowest BCUT2D eigenvalue weighted by Crippen LogP contribution is -2.35. The second-order valence-electron chi connectivity index (χ2n) is 4.46. The van der Waals surface area contributed by atoms with Gasteiger partial charge in [0.1, 0.15) is 5.60 Å². The van der Waals surface area contributed by atoms with Gasteiger partial charge < -0.3 is 10.4 Å². The van der Waals surface area contributed by atoms with Crippen molar-refractivity contribution in [3.8, 4) is 0 Å². The lowest BCUT2D eigenvalue weighted by Gasteiger charge is -2.28. The van der Waals surface area contributed by atoms with Crippen LogP contribution in [0.25, 0.3) is 0 Å². The third kappa shape index (κ3) is 1.75. The molecule has 1 heterocycles. The highest BCUT2D eigenvalue weighted by Crippen LogP contribution is 2.36. The molecule has 0 aliphatic carbocycles. The van der Waals surface area contributed by atoms with Gasteiger partial charge in [0.25, 0.3) is 0 Å². The third-order valence-corrected chi connectivity index (χ3v) is 3.34. The molecule has 2 aromatic carbocycles. The van der Waals surface area contributed by atoms with Gasteiger partial charge in [0.05, 0.1) is 6.04 Å². The standard InChI is InChI=1S/C15H15NO/c17-15(14-11-16-14,12-7-3-1-4-8-12)13-9-5-2-6-10-13/h1-10,14,16-17H,11H2/t14-/m1/s1. The van der Waals surface area contributed by atoms with Gasteiger partial charge >= 0.3 is 0 Å². The van der Waals surface area contributed by atoms with Crippen molar-refractivity contribution in [1.82, 2.24) is 5.32 Å². The van der Waals surface area contributed by atoms with Crippen LogP contribution in [-0.2, 0) is 5.60 Å². The highest BCUT2D eigenvalue weighted by molar-refractivity contribution is 5.40. The Labute approximate surface area is 101 Å². The van der Waals surface area contributed by atoms with Gasteiger partial charge in [-0.3, -0.25) is 0 Å². The van der Waals surface area contributed by atoms with E-state index in [2.05, 4.69) is 5.32 Å². The molecule has 17 heavy (non-hydrogen) atoms. The van der Waals surface area contributed by atoms with Crippen molar-refractivity contribution in [2.24, 2.45) is 0 Å². The van der Waals surface area contributed by atoms with E-state index in [1.165, 1.54) is 0 Å². The molecular weight excluding hydrogens is 210 g/mol. The molecule has 1 saturated heterocycles. The molecule has 3 rings (SSSR count). The van der Waals surface area contributed by atoms with Crippen LogP contribution in [0.2, 0.25) is 0 Å². The molecule has 1 aliphatic heterocycles. The minimum absolute atomic E-state index is 0.118. The number of rotatable bonds is 3. The highest BCUT2D eigenvalue weighted by atomic mass is 16.3. The largest absolute Gasteiger partial charge is 0.379 e. The van der Waals surface area contributed by atoms with Gasteiger partial charge in [0.15, 0.2) is 0 Å². The van der Waals surface area contributed by atoms with Crippen molar-refractivity contribution < 1.29 is 5.11 Å². The molecule has 86 valence electrons. The average Bonchev–Trinajstić information content (AvgIpc) is 3.24. The third-order valence-electron chi connectivity index (χ3n) is 3.34. The zero-order valence-corrected chi connectivity index (χ0v) is 9.51. The first-order valence-corrected chi connectivity index (χ1v) is 5.88. The predicted octanol–water partition coefficient (Wildman–Crippen LogP) is 1.89. The molecule has 0 amide bonds. The number of benzene rings is 2. The maximum atomic E-state index is 11.0. The van der Waals surface area contributed by atoms with Gasteiger partial charge in [0, 0.05) is 6.54 Å². The van der Waals surface area contributed by atoms with Gasteiger partial charge in [-0.15, -0.1) is 0 Å². The Morgan fingerprint density at radius 1 is 0.882 bits per heavy atom. The van der Waals surface area contributed by atoms with Crippen LogP contribution in [0, 0.1) is 0 Å². The summed E-state index contributed by atoms with van der Waals surface area (Å²) in [7, 11) is 0. The van der Waals surface area contributed by atoms with Crippen LogP contribution in [0.15, 0.2) is 60.7 Å². The molecule has 2 nitrogen and oxygen atoms in total. The summed E-state index contributed by atoms with van der Waals surface area (Å²) in [5, 5.41) is 14.3. The highest BCUT2D eigenvalue weighted by Gasteiger charge is 2.46. The van der Waals surface area contributed by atoms with Crippen LogP contribution in [-0.4, -0.2) is 17.7 Å². The van der Waals surface area contributed by atoms with Crippen LogP contribution in [0.4, 0.5) is 0 Å². The lowest BCUT2D eigenvalue weighted by molar-refractivity contribution is 0.0793. The van der Waals surface area contributed by atoms with E-state index in [-0.39, 0.29) is 6.04 Å². The van der Waals surface area contributed by atoms with E-state index in [1.54, 1.807) is 0 Å². The van der Waals surface area contributed by atoms with Gasteiger partial charge in [-0.25, -0.2) is 0 Å². The zero-order chi connectivity index (χ0) is 11.7. The summed E-state index contributed by atoms with van der Waals surface area (Å²) in [5.74, 6) is 0. The summed E-state index contributed by atoms with van der Waals surface area (Å²) in [6.07, 6.45) is 0. The fourth-order valence-electron chi connectivity index (χ4n) is 2.31. The Kier molecular flexibility index (Phi) is 2.46. The molecule has 2 heteroatoms. The first-order chi connectivity index (χ1) is 8.32. The molecule has 2 aromatic rings. The van der Waals surface area contributed by atoms with E-state index in [4.69, 9.17) is 0 Å². The van der Waals surface area contributed by atoms with Crippen molar-refractivity contribution in [2.75, 3.05) is 6.54 Å². The Morgan fingerprint density at radius 2 is 1.29 bits per heavy atom. The maximum Gasteiger partial charge on any atom is 0.131 e. The summed E-state index contributed by atoms with van der Waals surface area (Å²) in [6, 6.07) is 19.8. The molecule has 0 spiro atoms. The van der Waals surface area contributed by atoms with Crippen LogP contribution in [0.3, 0.4) is 0 Å². The van der Waals surface area contributed by atoms with Crippen molar-refractivity contribution >= 4 is 0 Å². The fourth-order valence-corrected chi connectivity index (χ4v) is 2.31. The van der Waals surface area contributed by atoms with Crippen LogP contribution < -0.4 is 5.32 Å². The summed E-state index contributed by atoms with van der Waals surface area (Å²) in [4.78, 5) is 0. The molecule has 1 atom stereocenters. The molecular formula is C15H15NO. The molecule has 0 bridgehead atoms. The van der Waals surface area contributed by atoms with Crippen molar-refractivity contribution in [3.63, 3.8) is 0 Å². The second-order valence-corrected chi connectivity index (χ2v) is 4.46. The van der Waals surface area contributed by atoms with Gasteiger partial charge in [0.2, 0.25) is 0 Å². The number of hydrogen-bond donors (Lipinski definition) is 2. The van der Waals surface area contributed by atoms with Crippen molar-refractivity contribution in [1.29, 1.82) is 0 Å². The normalized spacial score (nSPS) is 19.0. The van der Waals surface area contributed by atoms with Crippen LogP contribution in [0.5, 0.6) is 0 Å². The predicted molar refractivity (Wildman–Crippen MR) is 67.7 cm³/mol. The van der Waals surface area contributed by atoms with Crippen LogP contribution >= 0.6 is 0 Å². The molecule has 2 N–H and O–H groups in total. The SMILES string of the molecule is OC(c1ccccc1)(c1ccccc1)[C@H]1CN1. The van der Waals surface area contributed by atoms with E-state index < -0.39 is 5.60 Å². The van der Waals surface area contributed by atoms with E-state index in [1.807, 2.05) is 60.7 Å². The summed E-state index contributed by atoms with van der Waals surface area (Å²) in [5.41, 5.74) is 0.977. The number of nitrogens with one attached hydrogen (secondary N) is 1. The molecule has 1 aliphatic rings. The lowest BCUT2D eigenvalue weighted by atomic mass is 9.83. The minimum Gasteiger partial charge on any atom is -0.379 e. The molecule has 0 unspecified atom stereocenters.